The van der Waals surface area contributed by atoms with Crippen molar-refractivity contribution in [1.29, 1.82) is 0 Å². The maximum absolute atomic E-state index is 13.4. The van der Waals surface area contributed by atoms with Crippen molar-refractivity contribution in [2.45, 2.75) is 77.9 Å². The molecule has 2 aromatic heterocycles. The summed E-state index contributed by atoms with van der Waals surface area (Å²) in [6, 6.07) is 6.16. The first kappa shape index (κ1) is 27.0. The summed E-state index contributed by atoms with van der Waals surface area (Å²) in [5.74, 6) is 1.25. The lowest BCUT2D eigenvalue weighted by Crippen LogP contribution is -2.39. The summed E-state index contributed by atoms with van der Waals surface area (Å²) >= 11 is 0. The van der Waals surface area contributed by atoms with Crippen molar-refractivity contribution in [3.05, 3.63) is 34.2 Å². The second-order valence-electron chi connectivity index (χ2n) is 11.6. The number of carbonyl (C=O) groups excluding carboxylic acids is 1. The zero-order valence-corrected chi connectivity index (χ0v) is 23.7. The van der Waals surface area contributed by atoms with Crippen LogP contribution in [-0.2, 0) is 4.74 Å². The van der Waals surface area contributed by atoms with Gasteiger partial charge in [-0.3, -0.25) is 4.79 Å². The van der Waals surface area contributed by atoms with E-state index in [4.69, 9.17) is 14.5 Å². The number of hydrogen-bond acceptors (Lipinski definition) is 7. The van der Waals surface area contributed by atoms with Gasteiger partial charge in [0.2, 0.25) is 0 Å². The summed E-state index contributed by atoms with van der Waals surface area (Å²) in [6.07, 6.45) is 6.02. The van der Waals surface area contributed by atoms with Gasteiger partial charge in [0.15, 0.2) is 0 Å². The van der Waals surface area contributed by atoms with Gasteiger partial charge < -0.3 is 24.3 Å². The minimum absolute atomic E-state index is 0.115. The monoisotopic (exact) mass is 536 g/mol. The van der Waals surface area contributed by atoms with E-state index in [2.05, 4.69) is 15.0 Å². The predicted octanol–water partition coefficient (Wildman–Crippen LogP) is 5.06. The summed E-state index contributed by atoms with van der Waals surface area (Å²) in [6.45, 7) is 10.3. The molecule has 1 aromatic carbocycles. The van der Waals surface area contributed by atoms with Gasteiger partial charge in [-0.2, -0.15) is 5.10 Å². The third-order valence-electron chi connectivity index (χ3n) is 7.60. The Morgan fingerprint density at radius 3 is 2.54 bits per heavy atom. The molecule has 1 N–H and O–H groups in total. The Kier molecular flexibility index (Phi) is 7.55. The van der Waals surface area contributed by atoms with Crippen molar-refractivity contribution in [2.24, 2.45) is 0 Å². The quantitative estimate of drug-likeness (QED) is 0.497. The maximum atomic E-state index is 13.4. The molecule has 0 atom stereocenters. The fourth-order valence-electron chi connectivity index (χ4n) is 5.62. The van der Waals surface area contributed by atoms with E-state index in [9.17, 15) is 9.59 Å². The van der Waals surface area contributed by atoms with Crippen LogP contribution in [0.3, 0.4) is 0 Å². The number of rotatable bonds is 4. The van der Waals surface area contributed by atoms with Gasteiger partial charge in [0.25, 0.3) is 5.56 Å². The summed E-state index contributed by atoms with van der Waals surface area (Å²) in [4.78, 5) is 38.0. The third kappa shape index (κ3) is 5.74. The average molecular weight is 537 g/mol. The van der Waals surface area contributed by atoms with E-state index >= 15 is 0 Å². The molecule has 1 aliphatic heterocycles. The molecule has 2 fully saturated rings. The highest BCUT2D eigenvalue weighted by atomic mass is 16.6. The van der Waals surface area contributed by atoms with E-state index in [0.29, 0.717) is 42.2 Å². The Balaban J connectivity index is 1.39. The fraction of sp³-hybridized carbons (Fsp3) is 0.586. The molecule has 0 unspecified atom stereocenters. The molecule has 210 valence electrons. The van der Waals surface area contributed by atoms with E-state index in [-0.39, 0.29) is 17.7 Å². The van der Waals surface area contributed by atoms with Gasteiger partial charge in [-0.1, -0.05) is 19.3 Å². The molecule has 1 saturated heterocycles. The Bertz CT molecular complexity index is 1400. The van der Waals surface area contributed by atoms with Crippen LogP contribution in [0.25, 0.3) is 22.4 Å². The first-order valence-electron chi connectivity index (χ1n) is 14.0. The molecule has 3 heterocycles. The van der Waals surface area contributed by atoms with Crippen LogP contribution in [0.1, 0.15) is 71.0 Å². The Morgan fingerprint density at radius 1 is 1.05 bits per heavy atom. The number of amides is 1. The van der Waals surface area contributed by atoms with Crippen LogP contribution in [0, 0.1) is 6.92 Å². The molecule has 1 amide bonds. The summed E-state index contributed by atoms with van der Waals surface area (Å²) in [5, 5.41) is 4.64. The number of H-pyrrole nitrogens is 1. The molecule has 1 saturated carbocycles. The molecule has 0 bridgehead atoms. The van der Waals surface area contributed by atoms with Crippen molar-refractivity contribution >= 4 is 22.8 Å². The van der Waals surface area contributed by atoms with Crippen LogP contribution in [0.2, 0.25) is 0 Å². The van der Waals surface area contributed by atoms with Gasteiger partial charge in [0.1, 0.15) is 28.2 Å². The summed E-state index contributed by atoms with van der Waals surface area (Å²) in [7, 11) is 1.64. The largest absolute Gasteiger partial charge is 0.496 e. The number of carbonyl (C=O) groups is 1. The highest BCUT2D eigenvalue weighted by Gasteiger charge is 2.26. The number of aromatic nitrogens is 4. The van der Waals surface area contributed by atoms with Gasteiger partial charge >= 0.3 is 6.09 Å². The maximum Gasteiger partial charge on any atom is 0.410 e. The lowest BCUT2D eigenvalue weighted by Gasteiger charge is -2.27. The second-order valence-corrected chi connectivity index (χ2v) is 11.6. The zero-order chi connectivity index (χ0) is 27.7. The molecule has 3 aromatic rings. The molecule has 39 heavy (non-hydrogen) atoms. The number of nitrogens with zero attached hydrogens (tertiary/aromatic N) is 5. The number of anilines is 1. The number of imidazole rings is 1. The van der Waals surface area contributed by atoms with Crippen LogP contribution in [0.4, 0.5) is 10.5 Å². The topological polar surface area (TPSA) is 106 Å². The number of hydrogen-bond donors (Lipinski definition) is 1. The van der Waals surface area contributed by atoms with E-state index < -0.39 is 5.60 Å². The van der Waals surface area contributed by atoms with E-state index in [1.54, 1.807) is 16.7 Å². The molecule has 1 aliphatic carbocycles. The minimum atomic E-state index is -0.513. The van der Waals surface area contributed by atoms with Crippen LogP contribution >= 0.6 is 0 Å². The summed E-state index contributed by atoms with van der Waals surface area (Å²) < 4.78 is 13.0. The second kappa shape index (κ2) is 10.9. The van der Waals surface area contributed by atoms with E-state index in [1.807, 2.05) is 45.9 Å². The van der Waals surface area contributed by atoms with Crippen molar-refractivity contribution in [1.82, 2.24) is 24.6 Å². The number of nitrogens with one attached hydrogen (secondary N) is 1. The first-order chi connectivity index (χ1) is 18.6. The Hall–Kier alpha value is -3.56. The molecule has 2 aliphatic rings. The molecule has 10 heteroatoms. The molecular formula is C29H40N6O4. The minimum Gasteiger partial charge on any atom is -0.496 e. The normalized spacial score (nSPS) is 17.4. The van der Waals surface area contributed by atoms with Gasteiger partial charge in [0.05, 0.1) is 24.4 Å². The van der Waals surface area contributed by atoms with E-state index in [0.717, 1.165) is 55.6 Å². The van der Waals surface area contributed by atoms with E-state index in [1.165, 1.54) is 6.42 Å². The molecule has 10 nitrogen and oxygen atoms in total. The van der Waals surface area contributed by atoms with Crippen molar-refractivity contribution in [2.75, 3.05) is 38.2 Å². The fourth-order valence-corrected chi connectivity index (χ4v) is 5.62. The van der Waals surface area contributed by atoms with Gasteiger partial charge in [-0.15, -0.1) is 0 Å². The van der Waals surface area contributed by atoms with Crippen LogP contribution in [0.5, 0.6) is 5.75 Å². The number of ether oxygens (including phenoxy) is 2. The van der Waals surface area contributed by atoms with Crippen LogP contribution in [-0.4, -0.2) is 69.6 Å². The van der Waals surface area contributed by atoms with Gasteiger partial charge in [0, 0.05) is 37.9 Å². The smallest absolute Gasteiger partial charge is 0.410 e. The zero-order valence-electron chi connectivity index (χ0n) is 23.7. The Labute approximate surface area is 229 Å². The van der Waals surface area contributed by atoms with Crippen molar-refractivity contribution in [3.63, 3.8) is 0 Å². The van der Waals surface area contributed by atoms with Gasteiger partial charge in [-0.05, 0) is 59.1 Å². The van der Waals surface area contributed by atoms with Crippen LogP contribution < -0.4 is 15.2 Å². The molecule has 0 spiro atoms. The Morgan fingerprint density at radius 2 is 1.82 bits per heavy atom. The van der Waals surface area contributed by atoms with Crippen molar-refractivity contribution in [3.8, 4) is 17.1 Å². The average Bonchev–Trinajstić information content (AvgIpc) is 3.22. The number of aromatic amines is 1. The molecule has 0 radical (unpaired) electrons. The standard InChI is InChI=1S/C29H40N6O4/c1-19-24-25(27(36)35(32-19)20-10-7-6-8-11-20)31-26(30-24)22-13-12-21(18-23(22)38-5)33-14-9-15-34(17-16-33)28(37)39-29(2,3)4/h12-13,18,20H,6-11,14-17H2,1-5H3,(H,30,31). The highest BCUT2D eigenvalue weighted by molar-refractivity contribution is 5.82. The number of methoxy groups -OCH3 is 1. The SMILES string of the molecule is COc1cc(N2CCCN(C(=O)OC(C)(C)C)CC2)ccc1-c1nc2c(C)nn(C3CCCCC3)c(=O)c2[nH]1. The number of benzene rings is 1. The lowest BCUT2D eigenvalue weighted by molar-refractivity contribution is 0.0263. The first-order valence-corrected chi connectivity index (χ1v) is 14.0. The van der Waals surface area contributed by atoms with Crippen LogP contribution in [0.15, 0.2) is 23.0 Å². The number of aryl methyl sites for hydroxylation is 1. The number of fused-ring (bicyclic) bond motifs is 1. The molecular weight excluding hydrogens is 496 g/mol. The highest BCUT2D eigenvalue weighted by Crippen LogP contribution is 2.34. The summed E-state index contributed by atoms with van der Waals surface area (Å²) in [5.41, 5.74) is 3.00. The van der Waals surface area contributed by atoms with Crippen molar-refractivity contribution < 1.29 is 14.3 Å². The van der Waals surface area contributed by atoms with Gasteiger partial charge in [-0.25, -0.2) is 14.5 Å². The third-order valence-corrected chi connectivity index (χ3v) is 7.60. The predicted molar refractivity (Wildman–Crippen MR) is 152 cm³/mol. The lowest BCUT2D eigenvalue weighted by atomic mass is 9.95. The molecule has 5 rings (SSSR count).